The average Bonchev–Trinajstić information content (AvgIpc) is 2.45. The van der Waals surface area contributed by atoms with Crippen LogP contribution in [0.25, 0.3) is 0 Å². The Kier molecular flexibility index (Phi) is 3.17. The van der Waals surface area contributed by atoms with Gasteiger partial charge in [0, 0.05) is 5.54 Å². The molecule has 0 aromatic heterocycles. The zero-order chi connectivity index (χ0) is 15.3. The minimum absolute atomic E-state index is 0.0663. The lowest BCUT2D eigenvalue weighted by atomic mass is 9.53. The summed E-state index contributed by atoms with van der Waals surface area (Å²) in [5.41, 5.74) is 0.238. The number of hydrogen-bond donors (Lipinski definition) is 1. The van der Waals surface area contributed by atoms with Crippen molar-refractivity contribution in [1.82, 2.24) is 5.32 Å². The highest BCUT2D eigenvalue weighted by molar-refractivity contribution is 5.97. The van der Waals surface area contributed by atoms with E-state index in [9.17, 15) is 9.18 Å². The van der Waals surface area contributed by atoms with Gasteiger partial charge in [0.25, 0.3) is 5.91 Å². The van der Waals surface area contributed by atoms with E-state index in [2.05, 4.69) is 5.32 Å². The number of nitrogens with one attached hydrogen (secondary N) is 1. The number of carbonyl (C=O) groups excluding carboxylic acids is 1. The Labute approximate surface area is 130 Å². The summed E-state index contributed by atoms with van der Waals surface area (Å²) in [6.07, 6.45) is 7.25. The normalized spacial score (nSPS) is 35.5. The van der Waals surface area contributed by atoms with Gasteiger partial charge in [-0.2, -0.15) is 0 Å². The second kappa shape index (κ2) is 4.97. The van der Waals surface area contributed by atoms with Crippen LogP contribution in [0.5, 0.6) is 5.75 Å². The fourth-order valence-electron chi connectivity index (χ4n) is 5.43. The van der Waals surface area contributed by atoms with E-state index in [0.717, 1.165) is 37.0 Å². The van der Waals surface area contributed by atoms with Crippen molar-refractivity contribution in [3.05, 3.63) is 29.6 Å². The van der Waals surface area contributed by atoms with E-state index in [-0.39, 0.29) is 11.4 Å². The molecule has 4 saturated carbocycles. The summed E-state index contributed by atoms with van der Waals surface area (Å²) >= 11 is 0. The van der Waals surface area contributed by atoms with Crippen molar-refractivity contribution in [2.45, 2.75) is 44.1 Å². The van der Waals surface area contributed by atoms with E-state index in [1.807, 2.05) is 0 Å². The number of carbonyl (C=O) groups is 1. The number of halogens is 1. The molecular formula is C18H22FNO2. The van der Waals surface area contributed by atoms with Gasteiger partial charge in [-0.05, 0) is 74.5 Å². The van der Waals surface area contributed by atoms with Crippen molar-refractivity contribution >= 4 is 5.91 Å². The zero-order valence-corrected chi connectivity index (χ0v) is 12.9. The summed E-state index contributed by atoms with van der Waals surface area (Å²) in [5, 5.41) is 3.26. The van der Waals surface area contributed by atoms with Crippen LogP contribution in [0, 0.1) is 23.6 Å². The molecule has 0 radical (unpaired) electrons. The SMILES string of the molecule is COc1ccc(F)cc1C(=O)NC12CC3CC(CC(C3)C1)C2. The number of methoxy groups -OCH3 is 1. The van der Waals surface area contributed by atoms with Gasteiger partial charge in [-0.1, -0.05) is 0 Å². The largest absolute Gasteiger partial charge is 0.496 e. The van der Waals surface area contributed by atoms with E-state index >= 15 is 0 Å². The molecule has 4 heteroatoms. The second-order valence-corrected chi connectivity index (χ2v) is 7.50. The van der Waals surface area contributed by atoms with Gasteiger partial charge in [-0.3, -0.25) is 4.79 Å². The maximum Gasteiger partial charge on any atom is 0.255 e. The van der Waals surface area contributed by atoms with Gasteiger partial charge in [0.2, 0.25) is 0 Å². The Morgan fingerprint density at radius 3 is 2.32 bits per heavy atom. The number of ether oxygens (including phenoxy) is 1. The molecule has 4 fully saturated rings. The lowest BCUT2D eigenvalue weighted by Gasteiger charge is -2.56. The molecular weight excluding hydrogens is 281 g/mol. The molecule has 0 saturated heterocycles. The molecule has 1 aromatic rings. The van der Waals surface area contributed by atoms with Gasteiger partial charge in [-0.25, -0.2) is 4.39 Å². The molecule has 22 heavy (non-hydrogen) atoms. The zero-order valence-electron chi connectivity index (χ0n) is 12.9. The van der Waals surface area contributed by atoms with E-state index in [1.165, 1.54) is 44.6 Å². The maximum absolute atomic E-state index is 13.5. The van der Waals surface area contributed by atoms with Crippen molar-refractivity contribution in [3.63, 3.8) is 0 Å². The maximum atomic E-state index is 13.5. The summed E-state index contributed by atoms with van der Waals surface area (Å²) in [6, 6.07) is 4.11. The highest BCUT2D eigenvalue weighted by Gasteiger charge is 2.51. The molecule has 4 aliphatic carbocycles. The molecule has 118 valence electrons. The first kappa shape index (κ1) is 14.0. The Hall–Kier alpha value is -1.58. The topological polar surface area (TPSA) is 38.3 Å². The summed E-state index contributed by atoms with van der Waals surface area (Å²) in [6.45, 7) is 0. The predicted octanol–water partition coefficient (Wildman–Crippen LogP) is 3.53. The monoisotopic (exact) mass is 303 g/mol. The molecule has 4 bridgehead atoms. The van der Waals surface area contributed by atoms with Gasteiger partial charge >= 0.3 is 0 Å². The molecule has 0 spiro atoms. The molecule has 3 nitrogen and oxygen atoms in total. The molecule has 5 rings (SSSR count). The first-order valence-electron chi connectivity index (χ1n) is 8.23. The van der Waals surface area contributed by atoms with E-state index in [1.54, 1.807) is 0 Å². The van der Waals surface area contributed by atoms with Crippen molar-refractivity contribution in [3.8, 4) is 5.75 Å². The van der Waals surface area contributed by atoms with Crippen molar-refractivity contribution < 1.29 is 13.9 Å². The third-order valence-corrected chi connectivity index (χ3v) is 5.82. The summed E-state index contributed by atoms with van der Waals surface area (Å²) in [5.74, 6) is 2.13. The Bertz CT molecular complexity index is 578. The van der Waals surface area contributed by atoms with Crippen LogP contribution in [0.3, 0.4) is 0 Å². The van der Waals surface area contributed by atoms with Crippen LogP contribution >= 0.6 is 0 Å². The van der Waals surface area contributed by atoms with Crippen LogP contribution in [-0.2, 0) is 0 Å². The summed E-state index contributed by atoms with van der Waals surface area (Å²) in [4.78, 5) is 12.7. The van der Waals surface area contributed by atoms with Crippen LogP contribution in [0.15, 0.2) is 18.2 Å². The third-order valence-electron chi connectivity index (χ3n) is 5.82. The first-order valence-corrected chi connectivity index (χ1v) is 8.23. The second-order valence-electron chi connectivity index (χ2n) is 7.50. The molecule has 0 unspecified atom stereocenters. The molecule has 0 heterocycles. The van der Waals surface area contributed by atoms with Crippen LogP contribution in [0.1, 0.15) is 48.9 Å². The quantitative estimate of drug-likeness (QED) is 0.927. The highest BCUT2D eigenvalue weighted by Crippen LogP contribution is 2.55. The van der Waals surface area contributed by atoms with Gasteiger partial charge < -0.3 is 10.1 Å². The smallest absolute Gasteiger partial charge is 0.255 e. The molecule has 1 aromatic carbocycles. The van der Waals surface area contributed by atoms with Gasteiger partial charge in [0.15, 0.2) is 0 Å². The number of amides is 1. The minimum atomic E-state index is -0.406. The van der Waals surface area contributed by atoms with Gasteiger partial charge in [-0.15, -0.1) is 0 Å². The summed E-state index contributed by atoms with van der Waals surface area (Å²) < 4.78 is 18.7. The molecule has 1 N–H and O–H groups in total. The van der Waals surface area contributed by atoms with Crippen molar-refractivity contribution in [2.24, 2.45) is 17.8 Å². The van der Waals surface area contributed by atoms with Crippen LogP contribution < -0.4 is 10.1 Å². The number of benzene rings is 1. The summed E-state index contributed by atoms with van der Waals surface area (Å²) in [7, 11) is 1.51. The Balaban J connectivity index is 1.59. The van der Waals surface area contributed by atoms with Gasteiger partial charge in [0.1, 0.15) is 11.6 Å². The number of hydrogen-bond acceptors (Lipinski definition) is 2. The van der Waals surface area contributed by atoms with Crippen LogP contribution in [0.2, 0.25) is 0 Å². The van der Waals surface area contributed by atoms with E-state index in [4.69, 9.17) is 4.74 Å². The molecule has 1 amide bonds. The molecule has 0 atom stereocenters. The van der Waals surface area contributed by atoms with Crippen molar-refractivity contribution in [2.75, 3.05) is 7.11 Å². The predicted molar refractivity (Wildman–Crippen MR) is 81.3 cm³/mol. The van der Waals surface area contributed by atoms with E-state index < -0.39 is 5.82 Å². The lowest BCUT2D eigenvalue weighted by Crippen LogP contribution is -2.59. The van der Waals surface area contributed by atoms with Gasteiger partial charge in [0.05, 0.1) is 12.7 Å². The lowest BCUT2D eigenvalue weighted by molar-refractivity contribution is -0.0167. The average molecular weight is 303 g/mol. The first-order chi connectivity index (χ1) is 10.6. The fraction of sp³-hybridized carbons (Fsp3) is 0.611. The Morgan fingerprint density at radius 2 is 1.77 bits per heavy atom. The Morgan fingerprint density at radius 1 is 1.18 bits per heavy atom. The molecule has 0 aliphatic heterocycles. The molecule has 4 aliphatic rings. The van der Waals surface area contributed by atoms with Crippen molar-refractivity contribution in [1.29, 1.82) is 0 Å². The minimum Gasteiger partial charge on any atom is -0.496 e. The fourth-order valence-corrected chi connectivity index (χ4v) is 5.43. The standard InChI is InChI=1S/C18H22FNO2/c1-22-16-3-2-14(19)7-15(16)17(21)20-18-8-11-4-12(9-18)6-13(5-11)10-18/h2-3,7,11-13H,4-6,8-10H2,1H3,(H,20,21). The van der Waals surface area contributed by atoms with Crippen LogP contribution in [-0.4, -0.2) is 18.6 Å². The third kappa shape index (κ3) is 2.29. The van der Waals surface area contributed by atoms with Crippen LogP contribution in [0.4, 0.5) is 4.39 Å². The number of rotatable bonds is 3. The van der Waals surface area contributed by atoms with E-state index in [0.29, 0.717) is 11.3 Å². The highest BCUT2D eigenvalue weighted by atomic mass is 19.1.